The molecule has 5 heteroatoms. The molecule has 0 spiro atoms. The first-order valence-corrected chi connectivity index (χ1v) is 9.40. The van der Waals surface area contributed by atoms with E-state index in [1.165, 1.54) is 0 Å². The van der Waals surface area contributed by atoms with Crippen molar-refractivity contribution in [3.05, 3.63) is 95.8 Å². The number of rotatable bonds is 8. The van der Waals surface area contributed by atoms with E-state index in [9.17, 15) is 9.59 Å². The number of aryl methyl sites for hydroxylation is 1. The second-order valence-electron chi connectivity index (χ2n) is 6.71. The third-order valence-electron chi connectivity index (χ3n) is 4.71. The third-order valence-corrected chi connectivity index (χ3v) is 4.71. The number of carbonyl (C=O) groups is 2. The van der Waals surface area contributed by atoms with Gasteiger partial charge in [-0.25, -0.2) is 0 Å². The minimum absolute atomic E-state index is 0.133. The van der Waals surface area contributed by atoms with Gasteiger partial charge in [-0.3, -0.25) is 9.59 Å². The molecule has 0 saturated carbocycles. The summed E-state index contributed by atoms with van der Waals surface area (Å²) < 4.78 is 7.77. The van der Waals surface area contributed by atoms with E-state index < -0.39 is 0 Å². The molecule has 1 amide bonds. The first-order valence-electron chi connectivity index (χ1n) is 9.40. The maximum absolute atomic E-state index is 12.7. The van der Waals surface area contributed by atoms with Crippen LogP contribution in [0.2, 0.25) is 0 Å². The molecule has 0 unspecified atom stereocenters. The maximum Gasteiger partial charge on any atom is 0.259 e. The molecule has 29 heavy (non-hydrogen) atoms. The predicted octanol–water partition coefficient (Wildman–Crippen LogP) is 4.80. The summed E-state index contributed by atoms with van der Waals surface area (Å²) in [7, 11) is 0. The standard InChI is InChI=1S/C24H24N2O3/c1-4-14-26-17(2)15-21(18(26)3)22(27)16-29-23-13-9-8-12-20(23)24(28)25-19-10-6-5-7-11-19/h4-13,15H,1,14,16H2,2-3H3,(H,25,28). The highest BCUT2D eigenvalue weighted by Gasteiger charge is 2.18. The number of Topliss-reactive ketones (excluding diaryl/α,β-unsaturated/α-hetero) is 1. The van der Waals surface area contributed by atoms with Gasteiger partial charge >= 0.3 is 0 Å². The summed E-state index contributed by atoms with van der Waals surface area (Å²) in [6, 6.07) is 17.9. The number of hydrogen-bond donors (Lipinski definition) is 1. The van der Waals surface area contributed by atoms with E-state index in [1.54, 1.807) is 30.3 Å². The molecule has 2 aromatic carbocycles. The zero-order valence-electron chi connectivity index (χ0n) is 16.6. The number of benzene rings is 2. The Labute approximate surface area is 170 Å². The summed E-state index contributed by atoms with van der Waals surface area (Å²) in [6.45, 7) is 8.12. The Morgan fingerprint density at radius 3 is 2.45 bits per heavy atom. The van der Waals surface area contributed by atoms with Crippen LogP contribution < -0.4 is 10.1 Å². The number of nitrogens with zero attached hydrogens (tertiary/aromatic N) is 1. The SMILES string of the molecule is C=CCn1c(C)cc(C(=O)COc2ccccc2C(=O)Nc2ccccc2)c1C. The van der Waals surface area contributed by atoms with Gasteiger partial charge in [0.25, 0.3) is 5.91 Å². The van der Waals surface area contributed by atoms with Gasteiger partial charge < -0.3 is 14.6 Å². The van der Waals surface area contributed by atoms with Gasteiger partial charge in [0.2, 0.25) is 5.78 Å². The smallest absolute Gasteiger partial charge is 0.259 e. The lowest BCUT2D eigenvalue weighted by molar-refractivity contribution is 0.0913. The van der Waals surface area contributed by atoms with Crippen molar-refractivity contribution in [1.82, 2.24) is 4.57 Å². The fraction of sp³-hybridized carbons (Fsp3) is 0.167. The van der Waals surface area contributed by atoms with Gasteiger partial charge in [0, 0.05) is 29.2 Å². The highest BCUT2D eigenvalue weighted by Crippen LogP contribution is 2.21. The van der Waals surface area contributed by atoms with Crippen LogP contribution in [0.15, 0.2) is 73.3 Å². The molecule has 0 radical (unpaired) electrons. The summed E-state index contributed by atoms with van der Waals surface area (Å²) in [5.74, 6) is -0.0516. The molecule has 0 aliphatic carbocycles. The average molecular weight is 388 g/mol. The summed E-state index contributed by atoms with van der Waals surface area (Å²) in [4.78, 5) is 25.4. The Morgan fingerprint density at radius 2 is 1.72 bits per heavy atom. The molecule has 5 nitrogen and oxygen atoms in total. The van der Waals surface area contributed by atoms with Crippen LogP contribution in [0, 0.1) is 13.8 Å². The number of ketones is 1. The van der Waals surface area contributed by atoms with Crippen molar-refractivity contribution in [1.29, 1.82) is 0 Å². The van der Waals surface area contributed by atoms with E-state index in [-0.39, 0.29) is 18.3 Å². The fourth-order valence-corrected chi connectivity index (χ4v) is 3.21. The Balaban J connectivity index is 1.73. The van der Waals surface area contributed by atoms with Crippen molar-refractivity contribution >= 4 is 17.4 Å². The topological polar surface area (TPSA) is 60.3 Å². The zero-order chi connectivity index (χ0) is 20.8. The monoisotopic (exact) mass is 388 g/mol. The number of carbonyl (C=O) groups excluding carboxylic acids is 2. The van der Waals surface area contributed by atoms with Gasteiger partial charge in [0.1, 0.15) is 5.75 Å². The molecular weight excluding hydrogens is 364 g/mol. The first kappa shape index (κ1) is 20.1. The molecule has 0 saturated heterocycles. The molecule has 3 rings (SSSR count). The molecule has 0 fully saturated rings. The van der Waals surface area contributed by atoms with Gasteiger partial charge in [0.15, 0.2) is 6.61 Å². The van der Waals surface area contributed by atoms with Crippen LogP contribution in [0.1, 0.15) is 32.1 Å². The van der Waals surface area contributed by atoms with E-state index in [4.69, 9.17) is 4.74 Å². The van der Waals surface area contributed by atoms with Gasteiger partial charge in [-0.1, -0.05) is 36.4 Å². The average Bonchev–Trinajstić information content (AvgIpc) is 3.01. The predicted molar refractivity (Wildman–Crippen MR) is 115 cm³/mol. The van der Waals surface area contributed by atoms with Crippen molar-refractivity contribution in [2.24, 2.45) is 0 Å². The van der Waals surface area contributed by atoms with E-state index in [0.29, 0.717) is 29.1 Å². The molecule has 1 aromatic heterocycles. The molecule has 0 aliphatic heterocycles. The van der Waals surface area contributed by atoms with Crippen molar-refractivity contribution in [3.63, 3.8) is 0 Å². The van der Waals surface area contributed by atoms with Gasteiger partial charge in [-0.2, -0.15) is 0 Å². The highest BCUT2D eigenvalue weighted by molar-refractivity contribution is 6.06. The van der Waals surface area contributed by atoms with E-state index in [1.807, 2.05) is 54.8 Å². The zero-order valence-corrected chi connectivity index (χ0v) is 16.6. The number of aromatic nitrogens is 1. The molecule has 3 aromatic rings. The number of hydrogen-bond acceptors (Lipinski definition) is 3. The number of ether oxygens (including phenoxy) is 1. The molecule has 1 N–H and O–H groups in total. The van der Waals surface area contributed by atoms with Crippen LogP contribution in [0.5, 0.6) is 5.75 Å². The van der Waals surface area contributed by atoms with Crippen LogP contribution in [0.4, 0.5) is 5.69 Å². The molecule has 0 atom stereocenters. The van der Waals surface area contributed by atoms with Crippen molar-refractivity contribution < 1.29 is 14.3 Å². The van der Waals surface area contributed by atoms with E-state index in [2.05, 4.69) is 11.9 Å². The lowest BCUT2D eigenvalue weighted by Gasteiger charge is -2.11. The Kier molecular flexibility index (Phi) is 6.29. The summed E-state index contributed by atoms with van der Waals surface area (Å²) in [5.41, 5.74) is 3.56. The van der Waals surface area contributed by atoms with Crippen LogP contribution in [0.25, 0.3) is 0 Å². The number of nitrogens with one attached hydrogen (secondary N) is 1. The molecule has 0 aliphatic rings. The van der Waals surface area contributed by atoms with Gasteiger partial charge in [-0.15, -0.1) is 6.58 Å². The summed E-state index contributed by atoms with van der Waals surface area (Å²) in [5, 5.41) is 2.84. The lowest BCUT2D eigenvalue weighted by Crippen LogP contribution is -2.17. The number of allylic oxidation sites excluding steroid dienone is 1. The van der Waals surface area contributed by atoms with Crippen molar-refractivity contribution in [3.8, 4) is 5.75 Å². The normalized spacial score (nSPS) is 10.4. The van der Waals surface area contributed by atoms with Gasteiger partial charge in [0.05, 0.1) is 5.56 Å². The highest BCUT2D eigenvalue weighted by atomic mass is 16.5. The third kappa shape index (κ3) is 4.63. The second kappa shape index (κ2) is 9.06. The van der Waals surface area contributed by atoms with Crippen LogP contribution in [-0.4, -0.2) is 22.9 Å². The maximum atomic E-state index is 12.7. The molecule has 1 heterocycles. The molecular formula is C24H24N2O3. The first-order chi connectivity index (χ1) is 14.0. The Morgan fingerprint density at radius 1 is 1.03 bits per heavy atom. The molecule has 148 valence electrons. The lowest BCUT2D eigenvalue weighted by atomic mass is 10.1. The van der Waals surface area contributed by atoms with Crippen molar-refractivity contribution in [2.75, 3.05) is 11.9 Å². The van der Waals surface area contributed by atoms with Crippen LogP contribution in [0.3, 0.4) is 0 Å². The van der Waals surface area contributed by atoms with E-state index >= 15 is 0 Å². The van der Waals surface area contributed by atoms with Crippen molar-refractivity contribution in [2.45, 2.75) is 20.4 Å². The van der Waals surface area contributed by atoms with Gasteiger partial charge in [-0.05, 0) is 44.2 Å². The number of amides is 1. The Hall–Kier alpha value is -3.60. The fourth-order valence-electron chi connectivity index (χ4n) is 3.21. The minimum Gasteiger partial charge on any atom is -0.485 e. The minimum atomic E-state index is -0.289. The van der Waals surface area contributed by atoms with E-state index in [0.717, 1.165) is 11.4 Å². The summed E-state index contributed by atoms with van der Waals surface area (Å²) in [6.07, 6.45) is 1.80. The largest absolute Gasteiger partial charge is 0.485 e. The number of anilines is 1. The quantitative estimate of drug-likeness (QED) is 0.445. The Bertz CT molecular complexity index is 1040. The second-order valence-corrected chi connectivity index (χ2v) is 6.71. The molecule has 0 bridgehead atoms. The van der Waals surface area contributed by atoms with Crippen LogP contribution >= 0.6 is 0 Å². The number of para-hydroxylation sites is 2. The summed E-state index contributed by atoms with van der Waals surface area (Å²) >= 11 is 0. The van der Waals surface area contributed by atoms with Crippen LogP contribution in [-0.2, 0) is 6.54 Å².